The Bertz CT molecular complexity index is 3160. The van der Waals surface area contributed by atoms with E-state index in [0.29, 0.717) is 11.5 Å². The summed E-state index contributed by atoms with van der Waals surface area (Å²) in [6, 6.07) is 42.3. The van der Waals surface area contributed by atoms with E-state index in [4.69, 9.17) is 9.47 Å². The van der Waals surface area contributed by atoms with Crippen LogP contribution in [-0.2, 0) is 0 Å². The molecular weight excluding hydrogens is 714 g/mol. The Morgan fingerprint density at radius 1 is 0.414 bits per heavy atom. The Kier molecular flexibility index (Phi) is 6.01. The Hall–Kier alpha value is -7.05. The van der Waals surface area contributed by atoms with Crippen molar-refractivity contribution in [3.05, 3.63) is 144 Å². The zero-order valence-corrected chi connectivity index (χ0v) is 32.2. The van der Waals surface area contributed by atoms with Crippen molar-refractivity contribution in [1.82, 2.24) is 0 Å². The zero-order valence-electron chi connectivity index (χ0n) is 32.2. The SMILES string of the molecule is Cc1cccc(C)c1B1c2ccccc2N2C(=O)Oc3ccc4c5cc6c7c8c(ccc(c9cc1c2c3c49)c85)OC(=O)N7c1ccccc1B6c1c(C)cccc1C. The van der Waals surface area contributed by atoms with Crippen LogP contribution in [0.4, 0.5) is 32.3 Å². The third-order valence-corrected chi connectivity index (χ3v) is 13.5. The zero-order chi connectivity index (χ0) is 38.9. The van der Waals surface area contributed by atoms with Crippen LogP contribution in [0, 0.1) is 27.7 Å². The summed E-state index contributed by atoms with van der Waals surface area (Å²) in [5, 5.41) is 8.26. The van der Waals surface area contributed by atoms with E-state index >= 15 is 0 Å². The van der Waals surface area contributed by atoms with Gasteiger partial charge in [-0.2, -0.15) is 0 Å². The number of hydrogen-bond donors (Lipinski definition) is 0. The molecule has 4 heterocycles. The highest BCUT2D eigenvalue weighted by atomic mass is 16.6. The molecule has 58 heavy (non-hydrogen) atoms. The summed E-state index contributed by atoms with van der Waals surface area (Å²) in [5.74, 6) is 1.13. The highest BCUT2D eigenvalue weighted by Gasteiger charge is 2.46. The molecule has 0 radical (unpaired) electrons. The predicted octanol–water partition coefficient (Wildman–Crippen LogP) is 7.93. The molecule has 0 aromatic heterocycles. The maximum absolute atomic E-state index is 14.2. The third kappa shape index (κ3) is 3.76. The van der Waals surface area contributed by atoms with Gasteiger partial charge in [0.05, 0.1) is 11.4 Å². The lowest BCUT2D eigenvalue weighted by Crippen LogP contribution is -2.60. The lowest BCUT2D eigenvalue weighted by molar-refractivity contribution is 0.209. The van der Waals surface area contributed by atoms with Crippen molar-refractivity contribution in [2.24, 2.45) is 0 Å². The molecule has 0 atom stereocenters. The summed E-state index contributed by atoms with van der Waals surface area (Å²) in [6.07, 6.45) is -0.805. The molecule has 0 saturated carbocycles. The fourth-order valence-electron chi connectivity index (χ4n) is 11.3. The Balaban J connectivity index is 1.23. The Morgan fingerprint density at radius 3 is 1.22 bits per heavy atom. The van der Waals surface area contributed by atoms with Crippen LogP contribution >= 0.6 is 0 Å². The fourth-order valence-corrected chi connectivity index (χ4v) is 11.3. The normalized spacial score (nSPS) is 14.8. The van der Waals surface area contributed by atoms with Crippen LogP contribution in [0.5, 0.6) is 11.5 Å². The molecule has 4 aliphatic rings. The number of carbonyl (C=O) groups excluding carboxylic acids is 2. The van der Waals surface area contributed by atoms with Crippen LogP contribution < -0.4 is 52.1 Å². The van der Waals surface area contributed by atoms with Crippen molar-refractivity contribution in [3.8, 4) is 11.5 Å². The van der Waals surface area contributed by atoms with E-state index < -0.39 is 12.2 Å². The van der Waals surface area contributed by atoms with Gasteiger partial charge in [-0.15, -0.1) is 0 Å². The number of nitrogens with zero attached hydrogens (tertiary/aromatic N) is 2. The van der Waals surface area contributed by atoms with Crippen molar-refractivity contribution >= 4 is 124 Å². The first-order chi connectivity index (χ1) is 28.3. The van der Waals surface area contributed by atoms with Gasteiger partial charge < -0.3 is 9.47 Å². The number of amides is 2. The molecule has 0 saturated heterocycles. The molecule has 4 aliphatic heterocycles. The van der Waals surface area contributed by atoms with Gasteiger partial charge >= 0.3 is 12.2 Å². The summed E-state index contributed by atoms with van der Waals surface area (Å²) in [5.41, 5.74) is 15.0. The number of anilines is 4. The number of benzene rings is 9. The van der Waals surface area contributed by atoms with Crippen molar-refractivity contribution < 1.29 is 19.1 Å². The Morgan fingerprint density at radius 2 is 0.810 bits per heavy atom. The first-order valence-corrected chi connectivity index (χ1v) is 19.9. The maximum Gasteiger partial charge on any atom is 0.424 e. The van der Waals surface area contributed by atoms with Crippen molar-refractivity contribution in [2.45, 2.75) is 27.7 Å². The van der Waals surface area contributed by atoms with E-state index in [2.05, 4.69) is 113 Å². The lowest BCUT2D eigenvalue weighted by atomic mass is 9.33. The van der Waals surface area contributed by atoms with Gasteiger partial charge in [-0.1, -0.05) is 118 Å². The molecule has 0 aliphatic carbocycles. The van der Waals surface area contributed by atoms with Crippen molar-refractivity contribution in [3.63, 3.8) is 0 Å². The van der Waals surface area contributed by atoms with E-state index in [-0.39, 0.29) is 13.4 Å². The number of para-hydroxylation sites is 2. The van der Waals surface area contributed by atoms with Crippen LogP contribution in [0.15, 0.2) is 121 Å². The molecule has 272 valence electrons. The standard InChI is InChI=1S/C50H32B2N2O4/c1-25-11-9-12-26(2)45(25)51-33-15-5-7-17-37(33)53-47-35(51)23-31-29-19-22-40-44-42(29)32(30-20-21-39(57-49(53)55)43(47)41(30)31)24-36-48(44)54(50(56)58-40)38-18-8-6-16-34(38)52(36)46-27(3)13-10-14-28(46)4/h5-24H,1-4H3. The molecule has 0 unspecified atom stereocenters. The third-order valence-electron chi connectivity index (χ3n) is 13.5. The molecule has 13 rings (SSSR count). The number of rotatable bonds is 2. The van der Waals surface area contributed by atoms with Crippen LogP contribution in [0.3, 0.4) is 0 Å². The quantitative estimate of drug-likeness (QED) is 0.103. The molecule has 2 amide bonds. The van der Waals surface area contributed by atoms with Crippen LogP contribution in [0.25, 0.3) is 43.1 Å². The number of hydrogen-bond acceptors (Lipinski definition) is 4. The number of carbonyl (C=O) groups is 2. The molecule has 9 aromatic rings. The maximum atomic E-state index is 14.2. The second-order valence-electron chi connectivity index (χ2n) is 16.4. The van der Waals surface area contributed by atoms with E-state index in [1.54, 1.807) is 9.80 Å². The highest BCUT2D eigenvalue weighted by Crippen LogP contribution is 2.53. The second-order valence-corrected chi connectivity index (χ2v) is 16.4. The summed E-state index contributed by atoms with van der Waals surface area (Å²) >= 11 is 0. The first-order valence-electron chi connectivity index (χ1n) is 19.9. The summed E-state index contributed by atoms with van der Waals surface area (Å²) in [7, 11) is 0. The number of aryl methyl sites for hydroxylation is 4. The highest BCUT2D eigenvalue weighted by molar-refractivity contribution is 7.00. The Labute approximate surface area is 334 Å². The molecule has 0 fully saturated rings. The number of fused-ring (bicyclic) bond motifs is 6. The van der Waals surface area contributed by atoms with Gasteiger partial charge in [0.2, 0.25) is 13.4 Å². The van der Waals surface area contributed by atoms with E-state index in [9.17, 15) is 9.59 Å². The van der Waals surface area contributed by atoms with Crippen molar-refractivity contribution in [2.75, 3.05) is 9.80 Å². The predicted molar refractivity (Wildman–Crippen MR) is 238 cm³/mol. The second kappa shape index (κ2) is 10.9. The molecule has 9 aromatic carbocycles. The molecule has 0 bridgehead atoms. The molecule has 6 nitrogen and oxygen atoms in total. The minimum Gasteiger partial charge on any atom is -0.409 e. The van der Waals surface area contributed by atoms with Crippen LogP contribution in [-0.4, -0.2) is 25.6 Å². The summed E-state index contributed by atoms with van der Waals surface area (Å²) < 4.78 is 12.6. The van der Waals surface area contributed by atoms with Gasteiger partial charge in [-0.05, 0) is 107 Å². The number of ether oxygens (including phenoxy) is 2. The summed E-state index contributed by atoms with van der Waals surface area (Å²) in [6.45, 7) is 8.48. The van der Waals surface area contributed by atoms with Gasteiger partial charge in [-0.3, -0.25) is 0 Å². The monoisotopic (exact) mass is 746 g/mol. The lowest BCUT2D eigenvalue weighted by Gasteiger charge is -2.40. The molecular formula is C50H32B2N2O4. The van der Waals surface area contributed by atoms with Crippen LogP contribution in [0.1, 0.15) is 22.3 Å². The van der Waals surface area contributed by atoms with Gasteiger partial charge in [0.15, 0.2) is 0 Å². The minimum absolute atomic E-state index is 0.128. The summed E-state index contributed by atoms with van der Waals surface area (Å²) in [4.78, 5) is 32.0. The average molecular weight is 746 g/mol. The van der Waals surface area contributed by atoms with Gasteiger partial charge in [0.25, 0.3) is 0 Å². The van der Waals surface area contributed by atoms with Crippen molar-refractivity contribution in [1.29, 1.82) is 0 Å². The van der Waals surface area contributed by atoms with E-state index in [0.717, 1.165) is 87.7 Å². The molecule has 0 N–H and O–H groups in total. The van der Waals surface area contributed by atoms with Gasteiger partial charge in [0, 0.05) is 32.9 Å². The van der Waals surface area contributed by atoms with E-state index in [1.165, 1.54) is 33.2 Å². The smallest absolute Gasteiger partial charge is 0.409 e. The largest absolute Gasteiger partial charge is 0.424 e. The van der Waals surface area contributed by atoms with Gasteiger partial charge in [-0.25, -0.2) is 19.4 Å². The van der Waals surface area contributed by atoms with Crippen LogP contribution in [0.2, 0.25) is 0 Å². The molecule has 0 spiro atoms. The average Bonchev–Trinajstić information content (AvgIpc) is 3.22. The van der Waals surface area contributed by atoms with Gasteiger partial charge in [0.1, 0.15) is 11.5 Å². The first kappa shape index (κ1) is 32.1. The minimum atomic E-state index is -0.402. The molecule has 8 heteroatoms. The fraction of sp³-hybridized carbons (Fsp3) is 0.0800. The topological polar surface area (TPSA) is 59.1 Å². The van der Waals surface area contributed by atoms with E-state index in [1.807, 2.05) is 36.4 Å².